The number of ether oxygens (including phenoxy) is 1. The van der Waals surface area contributed by atoms with Gasteiger partial charge < -0.3 is 10.1 Å². The van der Waals surface area contributed by atoms with E-state index in [0.717, 1.165) is 16.1 Å². The summed E-state index contributed by atoms with van der Waals surface area (Å²) in [6.45, 7) is 5.00. The summed E-state index contributed by atoms with van der Waals surface area (Å²) in [6.07, 6.45) is 1.01. The van der Waals surface area contributed by atoms with Crippen LogP contribution in [0, 0.1) is 13.8 Å². The molecule has 0 bridgehead atoms. The third-order valence-corrected chi connectivity index (χ3v) is 8.37. The van der Waals surface area contributed by atoms with Gasteiger partial charge in [-0.15, -0.1) is 0 Å². The molecule has 0 heterocycles. The van der Waals surface area contributed by atoms with Gasteiger partial charge >= 0.3 is 0 Å². The maximum Gasteiger partial charge on any atom is 0.262 e. The second-order valence-corrected chi connectivity index (χ2v) is 12.5. The lowest BCUT2D eigenvalue weighted by molar-refractivity contribution is -0.116. The highest BCUT2D eigenvalue weighted by Gasteiger charge is 2.30. The molecule has 0 unspecified atom stereocenters. The van der Waals surface area contributed by atoms with Crippen LogP contribution < -0.4 is 19.1 Å². The number of nitrogens with one attached hydrogen (secondary N) is 2. The highest BCUT2D eigenvalue weighted by Crippen LogP contribution is 2.30. The van der Waals surface area contributed by atoms with Crippen LogP contribution in [0.15, 0.2) is 65.6 Å². The zero-order chi connectivity index (χ0) is 27.5. The minimum Gasteiger partial charge on any atom is -0.495 e. The highest BCUT2D eigenvalue weighted by atomic mass is 35.5. The van der Waals surface area contributed by atoms with Crippen LogP contribution in [0.3, 0.4) is 0 Å². The van der Waals surface area contributed by atoms with Crippen LogP contribution in [-0.2, 0) is 24.8 Å². The van der Waals surface area contributed by atoms with Gasteiger partial charge in [0.15, 0.2) is 0 Å². The van der Waals surface area contributed by atoms with Crippen molar-refractivity contribution in [3.63, 3.8) is 0 Å². The second-order valence-electron chi connectivity index (χ2n) is 8.49. The maximum absolute atomic E-state index is 13.0. The fourth-order valence-electron chi connectivity index (χ4n) is 3.67. The summed E-state index contributed by atoms with van der Waals surface area (Å²) in [6, 6.07) is 14.3. The molecule has 1 atom stereocenters. The third kappa shape index (κ3) is 6.73. The number of anilines is 3. The van der Waals surface area contributed by atoms with Gasteiger partial charge in [0, 0.05) is 10.7 Å². The first-order valence-electron chi connectivity index (χ1n) is 11.1. The number of carbonyl (C=O) groups is 1. The molecule has 0 aliphatic rings. The lowest BCUT2D eigenvalue weighted by Crippen LogP contribution is -2.45. The molecule has 0 spiro atoms. The Morgan fingerprint density at radius 1 is 0.973 bits per heavy atom. The van der Waals surface area contributed by atoms with E-state index in [0.29, 0.717) is 27.7 Å². The van der Waals surface area contributed by atoms with E-state index in [1.54, 1.807) is 37.3 Å². The zero-order valence-electron chi connectivity index (χ0n) is 20.9. The smallest absolute Gasteiger partial charge is 0.262 e. The Kier molecular flexibility index (Phi) is 8.41. The summed E-state index contributed by atoms with van der Waals surface area (Å²) in [5.74, 6) is -0.236. The molecule has 3 rings (SSSR count). The van der Waals surface area contributed by atoms with Crippen LogP contribution in [0.2, 0.25) is 5.02 Å². The van der Waals surface area contributed by atoms with E-state index >= 15 is 0 Å². The van der Waals surface area contributed by atoms with Gasteiger partial charge in [-0.05, 0) is 80.4 Å². The van der Waals surface area contributed by atoms with Crippen LogP contribution in [0.4, 0.5) is 17.1 Å². The first kappa shape index (κ1) is 28.3. The van der Waals surface area contributed by atoms with Crippen LogP contribution in [0.1, 0.15) is 18.1 Å². The summed E-state index contributed by atoms with van der Waals surface area (Å²) >= 11 is 6.07. The Bertz CT molecular complexity index is 1520. The van der Waals surface area contributed by atoms with Gasteiger partial charge in [0.25, 0.3) is 10.0 Å². The van der Waals surface area contributed by atoms with E-state index in [1.165, 1.54) is 44.4 Å². The molecule has 198 valence electrons. The number of nitrogens with zero attached hydrogens (tertiary/aromatic N) is 1. The van der Waals surface area contributed by atoms with Crippen LogP contribution >= 0.6 is 11.6 Å². The number of amides is 1. The molecule has 0 saturated heterocycles. The molecule has 9 nitrogen and oxygen atoms in total. The van der Waals surface area contributed by atoms with Crippen molar-refractivity contribution in [3.05, 3.63) is 76.8 Å². The molecule has 0 fully saturated rings. The molecule has 0 aromatic heterocycles. The quantitative estimate of drug-likeness (QED) is 0.392. The van der Waals surface area contributed by atoms with E-state index in [2.05, 4.69) is 10.0 Å². The van der Waals surface area contributed by atoms with E-state index in [-0.39, 0.29) is 10.6 Å². The number of methoxy groups -OCH3 is 1. The lowest BCUT2D eigenvalue weighted by Gasteiger charge is -2.29. The van der Waals surface area contributed by atoms with E-state index in [4.69, 9.17) is 16.3 Å². The molecule has 37 heavy (non-hydrogen) atoms. The minimum absolute atomic E-state index is 0.0329. The monoisotopic (exact) mass is 565 g/mol. The molecule has 0 saturated carbocycles. The lowest BCUT2D eigenvalue weighted by atomic mass is 10.1. The molecule has 3 aromatic carbocycles. The largest absolute Gasteiger partial charge is 0.495 e. The average Bonchev–Trinajstić information content (AvgIpc) is 2.80. The van der Waals surface area contributed by atoms with Crippen molar-refractivity contribution in [2.75, 3.05) is 27.7 Å². The number of carbonyl (C=O) groups excluding carboxylic acids is 1. The topological polar surface area (TPSA) is 122 Å². The van der Waals surface area contributed by atoms with Crippen molar-refractivity contribution < 1.29 is 26.4 Å². The number of rotatable bonds is 9. The summed E-state index contributed by atoms with van der Waals surface area (Å²) in [5.41, 5.74) is 2.35. The predicted octanol–water partition coefficient (Wildman–Crippen LogP) is 4.56. The number of sulfonamides is 2. The SMILES string of the molecule is COc1ccc(C)cc1NS(=O)(=O)c1ccc(NC(=O)[C@H](C)N(c2cc(Cl)ccc2C)S(C)(=O)=O)cc1. The summed E-state index contributed by atoms with van der Waals surface area (Å²) in [7, 11) is -6.34. The molecule has 0 aliphatic carbocycles. The van der Waals surface area contributed by atoms with Crippen molar-refractivity contribution in [1.29, 1.82) is 0 Å². The Hall–Kier alpha value is -3.28. The normalized spacial score (nSPS) is 12.5. The maximum atomic E-state index is 13.0. The average molecular weight is 566 g/mol. The van der Waals surface area contributed by atoms with Gasteiger partial charge in [0.1, 0.15) is 11.8 Å². The number of hydrogen-bond donors (Lipinski definition) is 2. The molecule has 0 radical (unpaired) electrons. The van der Waals surface area contributed by atoms with E-state index < -0.39 is 32.0 Å². The fraction of sp³-hybridized carbons (Fsp3) is 0.240. The van der Waals surface area contributed by atoms with Crippen molar-refractivity contribution in [2.24, 2.45) is 0 Å². The molecule has 0 aliphatic heterocycles. The van der Waals surface area contributed by atoms with Gasteiger partial charge in [-0.2, -0.15) is 0 Å². The van der Waals surface area contributed by atoms with Crippen molar-refractivity contribution in [2.45, 2.75) is 31.7 Å². The Morgan fingerprint density at radius 2 is 1.62 bits per heavy atom. The second kappa shape index (κ2) is 11.0. The minimum atomic E-state index is -3.94. The molecular weight excluding hydrogens is 538 g/mol. The van der Waals surface area contributed by atoms with Crippen molar-refractivity contribution >= 4 is 54.6 Å². The Morgan fingerprint density at radius 3 is 2.22 bits per heavy atom. The Labute approximate surface area is 222 Å². The van der Waals surface area contributed by atoms with Crippen LogP contribution in [0.25, 0.3) is 0 Å². The van der Waals surface area contributed by atoms with Gasteiger partial charge in [-0.25, -0.2) is 16.8 Å². The summed E-state index contributed by atoms with van der Waals surface area (Å²) in [4.78, 5) is 13.0. The van der Waals surface area contributed by atoms with Gasteiger partial charge in [0.2, 0.25) is 15.9 Å². The molecule has 2 N–H and O–H groups in total. The van der Waals surface area contributed by atoms with Crippen LogP contribution in [-0.4, -0.2) is 42.2 Å². The highest BCUT2D eigenvalue weighted by molar-refractivity contribution is 7.92. The van der Waals surface area contributed by atoms with E-state index in [1.807, 2.05) is 6.92 Å². The molecule has 1 amide bonds. The van der Waals surface area contributed by atoms with Crippen LogP contribution in [0.5, 0.6) is 5.75 Å². The number of benzene rings is 3. The van der Waals surface area contributed by atoms with E-state index in [9.17, 15) is 21.6 Å². The number of hydrogen-bond acceptors (Lipinski definition) is 6. The predicted molar refractivity (Wildman–Crippen MR) is 147 cm³/mol. The number of aryl methyl sites for hydroxylation is 2. The molecule has 3 aromatic rings. The molecular formula is C25H28ClN3O6S2. The number of halogens is 1. The van der Waals surface area contributed by atoms with Crippen molar-refractivity contribution in [3.8, 4) is 5.75 Å². The fourth-order valence-corrected chi connectivity index (χ4v) is 6.12. The summed E-state index contributed by atoms with van der Waals surface area (Å²) < 4.78 is 59.7. The first-order chi connectivity index (χ1) is 17.2. The first-order valence-corrected chi connectivity index (χ1v) is 14.8. The third-order valence-electron chi connectivity index (χ3n) is 5.53. The van der Waals surface area contributed by atoms with Gasteiger partial charge in [-0.1, -0.05) is 23.7 Å². The standard InChI is InChI=1S/C25H28ClN3O6S2/c1-16-6-13-24(35-4)22(14-16)28-37(33,34)21-11-9-20(10-12-21)27-25(30)18(3)29(36(5,31)32)23-15-19(26)8-7-17(23)2/h6-15,18,28H,1-5H3,(H,27,30)/t18-/m0/s1. The van der Waals surface area contributed by atoms with Gasteiger partial charge in [0.05, 0.1) is 29.6 Å². The zero-order valence-corrected chi connectivity index (χ0v) is 23.3. The van der Waals surface area contributed by atoms with Gasteiger partial charge in [-0.3, -0.25) is 13.8 Å². The Balaban J connectivity index is 1.81. The molecule has 12 heteroatoms. The summed E-state index contributed by atoms with van der Waals surface area (Å²) in [5, 5.41) is 2.97. The van der Waals surface area contributed by atoms with Crippen molar-refractivity contribution in [1.82, 2.24) is 0 Å².